The maximum Gasteiger partial charge on any atom is 0.158 e. The molecule has 0 aliphatic heterocycles. The summed E-state index contributed by atoms with van der Waals surface area (Å²) in [6, 6.07) is 9.65. The zero-order chi connectivity index (χ0) is 13.9. The molecule has 3 heterocycles. The third-order valence-corrected chi connectivity index (χ3v) is 2.93. The van der Waals surface area contributed by atoms with Crippen LogP contribution in [0, 0.1) is 6.92 Å². The van der Waals surface area contributed by atoms with Gasteiger partial charge in [-0.25, -0.2) is 4.98 Å². The van der Waals surface area contributed by atoms with Crippen molar-refractivity contribution < 1.29 is 0 Å². The van der Waals surface area contributed by atoms with E-state index in [0.717, 1.165) is 28.5 Å². The fraction of sp³-hybridized carbons (Fsp3) is 0.214. The SMILES string of the molecule is Cc1cc(NCCN)n2nc(-c3ccccn3)cc2n1. The van der Waals surface area contributed by atoms with Gasteiger partial charge in [0.25, 0.3) is 0 Å². The first kappa shape index (κ1) is 12.6. The van der Waals surface area contributed by atoms with Crippen molar-refractivity contribution in [2.75, 3.05) is 18.4 Å². The van der Waals surface area contributed by atoms with E-state index in [0.29, 0.717) is 13.1 Å². The third-order valence-electron chi connectivity index (χ3n) is 2.93. The second kappa shape index (κ2) is 5.26. The Morgan fingerprint density at radius 2 is 2.15 bits per heavy atom. The third kappa shape index (κ3) is 2.33. The number of aromatic nitrogens is 4. The van der Waals surface area contributed by atoms with E-state index in [9.17, 15) is 0 Å². The van der Waals surface area contributed by atoms with E-state index in [4.69, 9.17) is 5.73 Å². The van der Waals surface area contributed by atoms with Gasteiger partial charge in [-0.1, -0.05) is 6.07 Å². The molecule has 0 aliphatic carbocycles. The van der Waals surface area contributed by atoms with Gasteiger partial charge in [-0.05, 0) is 19.1 Å². The molecule has 0 amide bonds. The lowest BCUT2D eigenvalue weighted by Gasteiger charge is -2.07. The van der Waals surface area contributed by atoms with Crippen molar-refractivity contribution in [1.82, 2.24) is 19.6 Å². The smallest absolute Gasteiger partial charge is 0.158 e. The molecule has 3 aromatic heterocycles. The highest BCUT2D eigenvalue weighted by Crippen LogP contribution is 2.19. The number of aryl methyl sites for hydroxylation is 1. The van der Waals surface area contributed by atoms with Gasteiger partial charge in [0.1, 0.15) is 11.5 Å². The van der Waals surface area contributed by atoms with Crippen molar-refractivity contribution >= 4 is 11.5 Å². The molecule has 0 aromatic carbocycles. The van der Waals surface area contributed by atoms with Gasteiger partial charge in [0.2, 0.25) is 0 Å². The van der Waals surface area contributed by atoms with Crippen molar-refractivity contribution in [3.63, 3.8) is 0 Å². The first-order valence-electron chi connectivity index (χ1n) is 6.51. The molecular formula is C14H16N6. The molecule has 0 radical (unpaired) electrons. The number of hydrogen-bond acceptors (Lipinski definition) is 5. The van der Waals surface area contributed by atoms with E-state index in [1.54, 1.807) is 10.7 Å². The zero-order valence-electron chi connectivity index (χ0n) is 11.2. The van der Waals surface area contributed by atoms with Gasteiger partial charge in [0, 0.05) is 37.1 Å². The van der Waals surface area contributed by atoms with Gasteiger partial charge < -0.3 is 11.1 Å². The van der Waals surface area contributed by atoms with Crippen molar-refractivity contribution in [1.29, 1.82) is 0 Å². The van der Waals surface area contributed by atoms with Gasteiger partial charge >= 0.3 is 0 Å². The highest BCUT2D eigenvalue weighted by atomic mass is 15.3. The summed E-state index contributed by atoms with van der Waals surface area (Å²) in [6.07, 6.45) is 1.76. The van der Waals surface area contributed by atoms with Crippen LogP contribution < -0.4 is 11.1 Å². The minimum absolute atomic E-state index is 0.567. The topological polar surface area (TPSA) is 81.1 Å². The van der Waals surface area contributed by atoms with Crippen molar-refractivity contribution in [2.24, 2.45) is 5.73 Å². The van der Waals surface area contributed by atoms with Crippen LogP contribution in [0.3, 0.4) is 0 Å². The number of nitrogens with two attached hydrogens (primary N) is 1. The maximum atomic E-state index is 5.54. The maximum absolute atomic E-state index is 5.54. The number of nitrogens with zero attached hydrogens (tertiary/aromatic N) is 4. The van der Waals surface area contributed by atoms with Crippen LogP contribution in [0.4, 0.5) is 5.82 Å². The van der Waals surface area contributed by atoms with E-state index >= 15 is 0 Å². The van der Waals surface area contributed by atoms with Crippen LogP contribution in [-0.2, 0) is 0 Å². The molecule has 0 spiro atoms. The van der Waals surface area contributed by atoms with Crippen LogP contribution in [0.2, 0.25) is 0 Å². The van der Waals surface area contributed by atoms with E-state index in [2.05, 4.69) is 20.4 Å². The van der Waals surface area contributed by atoms with Crippen LogP contribution in [0.5, 0.6) is 0 Å². The molecule has 0 saturated heterocycles. The first-order valence-corrected chi connectivity index (χ1v) is 6.51. The predicted molar refractivity (Wildman–Crippen MR) is 78.5 cm³/mol. The minimum Gasteiger partial charge on any atom is -0.369 e. The van der Waals surface area contributed by atoms with E-state index in [1.807, 2.05) is 37.3 Å². The molecule has 6 nitrogen and oxygen atoms in total. The molecular weight excluding hydrogens is 252 g/mol. The van der Waals surface area contributed by atoms with E-state index < -0.39 is 0 Å². The molecule has 20 heavy (non-hydrogen) atoms. The largest absolute Gasteiger partial charge is 0.369 e. The number of nitrogens with one attached hydrogen (secondary N) is 1. The summed E-state index contributed by atoms with van der Waals surface area (Å²) in [5.41, 5.74) is 8.91. The molecule has 0 fully saturated rings. The molecule has 0 unspecified atom stereocenters. The van der Waals surface area contributed by atoms with E-state index in [1.165, 1.54) is 0 Å². The van der Waals surface area contributed by atoms with Gasteiger partial charge in [0.05, 0.1) is 5.69 Å². The van der Waals surface area contributed by atoms with Crippen LogP contribution >= 0.6 is 0 Å². The number of hydrogen-bond donors (Lipinski definition) is 2. The normalized spacial score (nSPS) is 10.9. The minimum atomic E-state index is 0.567. The van der Waals surface area contributed by atoms with Crippen molar-refractivity contribution in [3.8, 4) is 11.4 Å². The monoisotopic (exact) mass is 268 g/mol. The standard InChI is InChI=1S/C14H16N6/c1-10-8-13(17-7-5-15)20-14(18-10)9-12(19-20)11-4-2-3-6-16-11/h2-4,6,8-9,17H,5,7,15H2,1H3. The van der Waals surface area contributed by atoms with Crippen LogP contribution in [-0.4, -0.2) is 32.7 Å². The Morgan fingerprint density at radius 3 is 2.90 bits per heavy atom. The fourth-order valence-corrected chi connectivity index (χ4v) is 2.07. The lowest BCUT2D eigenvalue weighted by atomic mass is 10.3. The Bertz CT molecular complexity index is 719. The van der Waals surface area contributed by atoms with Gasteiger partial charge in [-0.3, -0.25) is 4.98 Å². The molecule has 3 aromatic rings. The van der Waals surface area contributed by atoms with Crippen LogP contribution in [0.15, 0.2) is 36.5 Å². The summed E-state index contributed by atoms with van der Waals surface area (Å²) in [5.74, 6) is 0.889. The second-order valence-corrected chi connectivity index (χ2v) is 4.51. The summed E-state index contributed by atoms with van der Waals surface area (Å²) < 4.78 is 1.78. The van der Waals surface area contributed by atoms with Gasteiger partial charge in [-0.15, -0.1) is 0 Å². The van der Waals surface area contributed by atoms with Crippen molar-refractivity contribution in [2.45, 2.75) is 6.92 Å². The van der Waals surface area contributed by atoms with Gasteiger partial charge in [-0.2, -0.15) is 9.61 Å². The Kier molecular flexibility index (Phi) is 3.30. The molecule has 0 saturated carbocycles. The summed E-state index contributed by atoms with van der Waals surface area (Å²) in [6.45, 7) is 3.22. The summed E-state index contributed by atoms with van der Waals surface area (Å²) in [7, 11) is 0. The predicted octanol–water partition coefficient (Wildman–Crippen LogP) is 1.47. The summed E-state index contributed by atoms with van der Waals surface area (Å²) in [4.78, 5) is 8.81. The number of fused-ring (bicyclic) bond motifs is 1. The molecule has 102 valence electrons. The lowest BCUT2D eigenvalue weighted by molar-refractivity contribution is 0.910. The molecule has 0 bridgehead atoms. The highest BCUT2D eigenvalue weighted by Gasteiger charge is 2.09. The molecule has 6 heteroatoms. The zero-order valence-corrected chi connectivity index (χ0v) is 11.2. The van der Waals surface area contributed by atoms with Crippen LogP contribution in [0.1, 0.15) is 5.69 Å². The Labute approximate surface area is 116 Å². The fourth-order valence-electron chi connectivity index (χ4n) is 2.07. The molecule has 3 N–H and O–H groups in total. The lowest BCUT2D eigenvalue weighted by Crippen LogP contribution is -2.15. The Balaban J connectivity index is 2.10. The average molecular weight is 268 g/mol. The quantitative estimate of drug-likeness (QED) is 0.749. The van der Waals surface area contributed by atoms with Crippen LogP contribution in [0.25, 0.3) is 17.0 Å². The van der Waals surface area contributed by atoms with E-state index in [-0.39, 0.29) is 0 Å². The highest BCUT2D eigenvalue weighted by molar-refractivity contribution is 5.62. The first-order chi connectivity index (χ1) is 9.78. The Hall–Kier alpha value is -2.47. The number of pyridine rings is 1. The molecule has 0 atom stereocenters. The summed E-state index contributed by atoms with van der Waals surface area (Å²) in [5, 5.41) is 7.82. The molecule has 3 rings (SSSR count). The second-order valence-electron chi connectivity index (χ2n) is 4.51. The summed E-state index contributed by atoms with van der Waals surface area (Å²) >= 11 is 0. The Morgan fingerprint density at radius 1 is 1.25 bits per heavy atom. The van der Waals surface area contributed by atoms with Crippen molar-refractivity contribution in [3.05, 3.63) is 42.2 Å². The van der Waals surface area contributed by atoms with Gasteiger partial charge in [0.15, 0.2) is 5.65 Å². The number of anilines is 1. The number of rotatable bonds is 4. The average Bonchev–Trinajstić information content (AvgIpc) is 2.89. The molecule has 0 aliphatic rings.